The fourth-order valence-electron chi connectivity index (χ4n) is 1.70. The smallest absolute Gasteiger partial charge is 0.128 e. The number of epoxide rings is 1. The first-order chi connectivity index (χ1) is 7.83. The van der Waals surface area contributed by atoms with Crippen molar-refractivity contribution in [1.29, 1.82) is 0 Å². The molecule has 0 amide bonds. The molecule has 0 spiro atoms. The van der Waals surface area contributed by atoms with E-state index in [1.54, 1.807) is 0 Å². The molecule has 3 heteroatoms. The van der Waals surface area contributed by atoms with Crippen LogP contribution in [0.4, 0.5) is 0 Å². The minimum Gasteiger partial charge on any atom is -0.490 e. The lowest BCUT2D eigenvalue weighted by molar-refractivity contribution is 0.265. The predicted molar refractivity (Wildman–Crippen MR) is 61.7 cm³/mol. The number of aryl methyl sites for hydroxylation is 1. The Balaban J connectivity index is 1.95. The number of nitrogens with zero attached hydrogens (tertiary/aromatic N) is 1. The number of hydrogen-bond donors (Lipinski definition) is 0. The summed E-state index contributed by atoms with van der Waals surface area (Å²) in [5, 5.41) is 1.06. The Morgan fingerprint density at radius 3 is 3.06 bits per heavy atom. The van der Waals surface area contributed by atoms with Gasteiger partial charge in [-0.1, -0.05) is 6.07 Å². The molecule has 16 heavy (non-hydrogen) atoms. The minimum absolute atomic E-state index is 0.286. The Kier molecular flexibility index (Phi) is 2.26. The van der Waals surface area contributed by atoms with Gasteiger partial charge in [0.25, 0.3) is 0 Å². The lowest BCUT2D eigenvalue weighted by Crippen LogP contribution is -2.04. The number of pyridine rings is 1. The van der Waals surface area contributed by atoms with Gasteiger partial charge in [0.05, 0.1) is 12.1 Å². The maximum absolute atomic E-state index is 5.72. The van der Waals surface area contributed by atoms with Gasteiger partial charge in [0.1, 0.15) is 18.5 Å². The van der Waals surface area contributed by atoms with E-state index in [0.717, 1.165) is 29.0 Å². The van der Waals surface area contributed by atoms with Gasteiger partial charge in [-0.05, 0) is 31.2 Å². The molecule has 3 nitrogen and oxygen atoms in total. The molecule has 1 unspecified atom stereocenters. The van der Waals surface area contributed by atoms with E-state index in [2.05, 4.69) is 11.1 Å². The molecule has 0 radical (unpaired) electrons. The number of aromatic nitrogens is 1. The van der Waals surface area contributed by atoms with Crippen LogP contribution in [0.1, 0.15) is 5.69 Å². The van der Waals surface area contributed by atoms with Crippen molar-refractivity contribution in [2.75, 3.05) is 13.2 Å². The fraction of sp³-hybridized carbons (Fsp3) is 0.308. The molecule has 1 aliphatic rings. The van der Waals surface area contributed by atoms with Crippen LogP contribution in [0.2, 0.25) is 0 Å². The molecule has 1 aromatic heterocycles. The summed E-state index contributed by atoms with van der Waals surface area (Å²) < 4.78 is 10.8. The predicted octanol–water partition coefficient (Wildman–Crippen LogP) is 2.32. The third kappa shape index (κ3) is 1.86. The second kappa shape index (κ2) is 3.76. The van der Waals surface area contributed by atoms with Gasteiger partial charge in [-0.25, -0.2) is 0 Å². The Morgan fingerprint density at radius 2 is 2.25 bits per heavy atom. The summed E-state index contributed by atoms with van der Waals surface area (Å²) in [6.07, 6.45) is 0.286. The highest BCUT2D eigenvalue weighted by atomic mass is 16.6. The lowest BCUT2D eigenvalue weighted by atomic mass is 10.2. The molecule has 0 bridgehead atoms. The van der Waals surface area contributed by atoms with Crippen molar-refractivity contribution < 1.29 is 9.47 Å². The van der Waals surface area contributed by atoms with Gasteiger partial charge in [0, 0.05) is 11.1 Å². The Hall–Kier alpha value is -1.61. The van der Waals surface area contributed by atoms with E-state index in [1.165, 1.54) is 0 Å². The van der Waals surface area contributed by atoms with Gasteiger partial charge >= 0.3 is 0 Å². The third-order valence-electron chi connectivity index (χ3n) is 2.66. The monoisotopic (exact) mass is 215 g/mol. The second-order valence-corrected chi connectivity index (χ2v) is 4.04. The van der Waals surface area contributed by atoms with E-state index in [4.69, 9.17) is 9.47 Å². The zero-order valence-electron chi connectivity index (χ0n) is 9.14. The van der Waals surface area contributed by atoms with Crippen LogP contribution in [0.3, 0.4) is 0 Å². The number of hydrogen-bond acceptors (Lipinski definition) is 3. The molecular weight excluding hydrogens is 202 g/mol. The first-order valence-corrected chi connectivity index (χ1v) is 5.44. The van der Waals surface area contributed by atoms with E-state index in [0.29, 0.717) is 6.61 Å². The fourth-order valence-corrected chi connectivity index (χ4v) is 1.70. The summed E-state index contributed by atoms with van der Waals surface area (Å²) in [5.74, 6) is 0.889. The van der Waals surface area contributed by atoms with Crippen molar-refractivity contribution in [3.63, 3.8) is 0 Å². The molecule has 2 aromatic rings. The van der Waals surface area contributed by atoms with E-state index in [-0.39, 0.29) is 6.10 Å². The van der Waals surface area contributed by atoms with Crippen molar-refractivity contribution in [1.82, 2.24) is 4.98 Å². The molecular formula is C13H13NO2. The van der Waals surface area contributed by atoms with Gasteiger partial charge in [-0.15, -0.1) is 0 Å². The lowest BCUT2D eigenvalue weighted by Gasteiger charge is -2.07. The summed E-state index contributed by atoms with van der Waals surface area (Å²) in [6.45, 7) is 3.44. The van der Waals surface area contributed by atoms with E-state index in [9.17, 15) is 0 Å². The molecule has 3 rings (SSSR count). The maximum Gasteiger partial charge on any atom is 0.128 e. The largest absolute Gasteiger partial charge is 0.490 e. The summed E-state index contributed by atoms with van der Waals surface area (Å²) in [4.78, 5) is 4.47. The van der Waals surface area contributed by atoms with Crippen LogP contribution in [0.15, 0.2) is 30.3 Å². The number of benzene rings is 1. The molecule has 1 saturated heterocycles. The molecule has 1 aliphatic heterocycles. The quantitative estimate of drug-likeness (QED) is 0.737. The average molecular weight is 215 g/mol. The molecule has 0 aliphatic carbocycles. The highest BCUT2D eigenvalue weighted by Gasteiger charge is 2.23. The summed E-state index contributed by atoms with van der Waals surface area (Å²) in [5.41, 5.74) is 2.00. The molecule has 0 saturated carbocycles. The Morgan fingerprint density at radius 1 is 1.38 bits per heavy atom. The number of fused-ring (bicyclic) bond motifs is 1. The zero-order valence-corrected chi connectivity index (χ0v) is 9.14. The maximum atomic E-state index is 5.72. The number of rotatable bonds is 3. The highest BCUT2D eigenvalue weighted by molar-refractivity contribution is 5.85. The molecule has 1 fully saturated rings. The summed E-state index contributed by atoms with van der Waals surface area (Å²) >= 11 is 0. The zero-order chi connectivity index (χ0) is 11.0. The second-order valence-electron chi connectivity index (χ2n) is 4.04. The van der Waals surface area contributed by atoms with Gasteiger partial charge in [-0.2, -0.15) is 0 Å². The first kappa shape index (κ1) is 9.60. The van der Waals surface area contributed by atoms with Gasteiger partial charge in [0.2, 0.25) is 0 Å². The van der Waals surface area contributed by atoms with Crippen LogP contribution in [-0.2, 0) is 4.74 Å². The minimum atomic E-state index is 0.286. The van der Waals surface area contributed by atoms with Gasteiger partial charge in [-0.3, -0.25) is 4.98 Å². The van der Waals surface area contributed by atoms with Crippen molar-refractivity contribution in [3.8, 4) is 5.75 Å². The summed E-state index contributed by atoms with van der Waals surface area (Å²) in [7, 11) is 0. The van der Waals surface area contributed by atoms with Crippen LogP contribution >= 0.6 is 0 Å². The molecule has 1 atom stereocenters. The first-order valence-electron chi connectivity index (χ1n) is 5.44. The van der Waals surface area contributed by atoms with E-state index in [1.807, 2.05) is 31.2 Å². The SMILES string of the molecule is Cc1ccc2c(OCC3CO3)cccc2n1. The normalized spacial score (nSPS) is 18.7. The van der Waals surface area contributed by atoms with Crippen LogP contribution in [0.25, 0.3) is 10.9 Å². The van der Waals surface area contributed by atoms with Crippen molar-refractivity contribution in [2.45, 2.75) is 13.0 Å². The topological polar surface area (TPSA) is 34.6 Å². The molecule has 1 aromatic carbocycles. The van der Waals surface area contributed by atoms with Crippen molar-refractivity contribution in [2.24, 2.45) is 0 Å². The van der Waals surface area contributed by atoms with Gasteiger partial charge < -0.3 is 9.47 Å². The third-order valence-corrected chi connectivity index (χ3v) is 2.66. The standard InChI is InChI=1S/C13H13NO2/c1-9-5-6-11-12(14-9)3-2-4-13(11)16-8-10-7-15-10/h2-6,10H,7-8H2,1H3. The summed E-state index contributed by atoms with van der Waals surface area (Å²) in [6, 6.07) is 10.0. The molecule has 2 heterocycles. The highest BCUT2D eigenvalue weighted by Crippen LogP contribution is 2.25. The van der Waals surface area contributed by atoms with Crippen molar-refractivity contribution >= 4 is 10.9 Å². The van der Waals surface area contributed by atoms with Crippen LogP contribution in [-0.4, -0.2) is 24.3 Å². The molecule has 82 valence electrons. The Labute approximate surface area is 94.0 Å². The van der Waals surface area contributed by atoms with E-state index >= 15 is 0 Å². The average Bonchev–Trinajstić information content (AvgIpc) is 3.09. The van der Waals surface area contributed by atoms with Crippen molar-refractivity contribution in [3.05, 3.63) is 36.0 Å². The molecule has 0 N–H and O–H groups in total. The van der Waals surface area contributed by atoms with E-state index < -0.39 is 0 Å². The van der Waals surface area contributed by atoms with Crippen LogP contribution in [0.5, 0.6) is 5.75 Å². The number of ether oxygens (including phenoxy) is 2. The van der Waals surface area contributed by atoms with Crippen LogP contribution in [0, 0.1) is 6.92 Å². The van der Waals surface area contributed by atoms with Crippen LogP contribution < -0.4 is 4.74 Å². The van der Waals surface area contributed by atoms with Gasteiger partial charge in [0.15, 0.2) is 0 Å². The Bertz CT molecular complexity index is 520.